The highest BCUT2D eigenvalue weighted by Crippen LogP contribution is 2.46. The molecule has 3 aliphatic heterocycles. The minimum atomic E-state index is 0.209. The number of likely N-dealkylation sites (tertiary alicyclic amines) is 1. The quantitative estimate of drug-likeness (QED) is 0.819. The molecule has 3 aliphatic rings. The zero-order valence-corrected chi connectivity index (χ0v) is 15.8. The van der Waals surface area contributed by atoms with Crippen molar-refractivity contribution >= 4 is 29.0 Å². The Balaban J connectivity index is 1.24. The maximum Gasteiger partial charge on any atom is 0.264 e. The van der Waals surface area contributed by atoms with E-state index in [4.69, 9.17) is 9.47 Å². The summed E-state index contributed by atoms with van der Waals surface area (Å²) in [5.74, 6) is 1.95. The summed E-state index contributed by atoms with van der Waals surface area (Å²) in [6.45, 7) is 6.43. The Kier molecular flexibility index (Phi) is 4.91. The fourth-order valence-corrected chi connectivity index (χ4v) is 6.29. The minimum absolute atomic E-state index is 0.209. The molecule has 1 atom stereocenters. The summed E-state index contributed by atoms with van der Waals surface area (Å²) >= 11 is 3.57. The van der Waals surface area contributed by atoms with Crippen molar-refractivity contribution in [3.8, 4) is 0 Å². The van der Waals surface area contributed by atoms with Gasteiger partial charge >= 0.3 is 0 Å². The SMILES string of the molecule is Cc1ccsc1C(=O)N1CC2(CC(OCC3CCOCC3)CS2)C1. The third-order valence-electron chi connectivity index (χ3n) is 5.39. The van der Waals surface area contributed by atoms with Crippen LogP contribution in [0.25, 0.3) is 0 Å². The Bertz CT molecular complexity index is 591. The van der Waals surface area contributed by atoms with E-state index >= 15 is 0 Å². The van der Waals surface area contributed by atoms with Crippen molar-refractivity contribution in [2.45, 2.75) is 37.0 Å². The molecular weight excluding hydrogens is 342 g/mol. The predicted octanol–water partition coefficient (Wildman–Crippen LogP) is 3.20. The van der Waals surface area contributed by atoms with Crippen LogP contribution in [0.2, 0.25) is 0 Å². The lowest BCUT2D eigenvalue weighted by Crippen LogP contribution is -2.60. The monoisotopic (exact) mass is 367 g/mol. The third kappa shape index (κ3) is 3.39. The number of rotatable bonds is 4. The highest BCUT2D eigenvalue weighted by Gasteiger charge is 2.51. The number of thiophene rings is 1. The molecule has 132 valence electrons. The Morgan fingerprint density at radius 2 is 2.21 bits per heavy atom. The normalized spacial score (nSPS) is 26.7. The molecule has 1 spiro atoms. The van der Waals surface area contributed by atoms with Crippen molar-refractivity contribution < 1.29 is 14.3 Å². The summed E-state index contributed by atoms with van der Waals surface area (Å²) in [5.41, 5.74) is 1.10. The van der Waals surface area contributed by atoms with Crippen molar-refractivity contribution in [1.82, 2.24) is 4.90 Å². The Hall–Kier alpha value is -0.560. The van der Waals surface area contributed by atoms with Gasteiger partial charge in [0.25, 0.3) is 5.91 Å². The molecule has 3 saturated heterocycles. The van der Waals surface area contributed by atoms with Gasteiger partial charge in [0, 0.05) is 38.7 Å². The summed E-state index contributed by atoms with van der Waals surface area (Å²) in [6, 6.07) is 2.03. The highest BCUT2D eigenvalue weighted by molar-refractivity contribution is 8.01. The Morgan fingerprint density at radius 3 is 2.92 bits per heavy atom. The summed E-state index contributed by atoms with van der Waals surface area (Å²) in [6.07, 6.45) is 3.72. The van der Waals surface area contributed by atoms with Crippen molar-refractivity contribution in [3.63, 3.8) is 0 Å². The van der Waals surface area contributed by atoms with Crippen molar-refractivity contribution in [2.75, 3.05) is 38.7 Å². The van der Waals surface area contributed by atoms with Gasteiger partial charge in [0.1, 0.15) is 0 Å². The van der Waals surface area contributed by atoms with E-state index in [0.29, 0.717) is 12.0 Å². The summed E-state index contributed by atoms with van der Waals surface area (Å²) < 4.78 is 11.8. The smallest absolute Gasteiger partial charge is 0.264 e. The first-order valence-corrected chi connectivity index (χ1v) is 10.7. The second-order valence-electron chi connectivity index (χ2n) is 7.30. The molecule has 4 nitrogen and oxygen atoms in total. The molecular formula is C18H25NO3S2. The largest absolute Gasteiger partial charge is 0.381 e. The first-order chi connectivity index (χ1) is 11.7. The van der Waals surface area contributed by atoms with Crippen molar-refractivity contribution in [2.24, 2.45) is 5.92 Å². The van der Waals surface area contributed by atoms with Gasteiger partial charge in [0.2, 0.25) is 0 Å². The fourth-order valence-electron chi connectivity index (χ4n) is 3.84. The molecule has 0 aliphatic carbocycles. The highest BCUT2D eigenvalue weighted by atomic mass is 32.2. The van der Waals surface area contributed by atoms with E-state index < -0.39 is 0 Å². The van der Waals surface area contributed by atoms with Crippen LogP contribution in [-0.2, 0) is 9.47 Å². The molecule has 24 heavy (non-hydrogen) atoms. The van der Waals surface area contributed by atoms with E-state index in [9.17, 15) is 4.79 Å². The standard InChI is InChI=1S/C18H25NO3S2/c1-13-4-7-23-16(13)17(20)19-11-18(12-19)8-15(10-24-18)22-9-14-2-5-21-6-3-14/h4,7,14-15H,2-3,5-6,8-12H2,1H3. The number of nitrogens with zero attached hydrogens (tertiary/aromatic N) is 1. The van der Waals surface area contributed by atoms with E-state index in [1.54, 1.807) is 11.3 Å². The van der Waals surface area contributed by atoms with Crippen LogP contribution in [0, 0.1) is 12.8 Å². The molecule has 6 heteroatoms. The molecule has 0 N–H and O–H groups in total. The third-order valence-corrected chi connectivity index (χ3v) is 7.97. The fraction of sp³-hybridized carbons (Fsp3) is 0.722. The van der Waals surface area contributed by atoms with Gasteiger partial charge < -0.3 is 14.4 Å². The number of carbonyl (C=O) groups is 1. The maximum atomic E-state index is 12.5. The van der Waals surface area contributed by atoms with Gasteiger partial charge in [0.05, 0.1) is 15.7 Å². The number of hydrogen-bond acceptors (Lipinski definition) is 5. The van der Waals surface area contributed by atoms with Gasteiger partial charge in [-0.15, -0.1) is 23.1 Å². The lowest BCUT2D eigenvalue weighted by molar-refractivity contribution is -0.0118. The lowest BCUT2D eigenvalue weighted by Gasteiger charge is -2.47. The molecule has 0 saturated carbocycles. The topological polar surface area (TPSA) is 38.8 Å². The molecule has 0 bridgehead atoms. The second kappa shape index (κ2) is 6.98. The molecule has 0 radical (unpaired) electrons. The van der Waals surface area contributed by atoms with Crippen LogP contribution in [0.1, 0.15) is 34.5 Å². The number of aryl methyl sites for hydroxylation is 1. The molecule has 1 unspecified atom stereocenters. The van der Waals surface area contributed by atoms with Crippen molar-refractivity contribution in [1.29, 1.82) is 0 Å². The number of thioether (sulfide) groups is 1. The first-order valence-electron chi connectivity index (χ1n) is 8.82. The van der Waals surface area contributed by atoms with Crippen LogP contribution in [0.5, 0.6) is 0 Å². The van der Waals surface area contributed by atoms with Crippen LogP contribution in [0.15, 0.2) is 11.4 Å². The van der Waals surface area contributed by atoms with Crippen LogP contribution < -0.4 is 0 Å². The first kappa shape index (κ1) is 16.9. The molecule has 4 heterocycles. The van der Waals surface area contributed by atoms with Crippen LogP contribution in [-0.4, -0.2) is 60.3 Å². The van der Waals surface area contributed by atoms with E-state index in [-0.39, 0.29) is 10.7 Å². The summed E-state index contributed by atoms with van der Waals surface area (Å²) in [7, 11) is 0. The number of ether oxygens (including phenoxy) is 2. The molecule has 0 aromatic carbocycles. The zero-order valence-electron chi connectivity index (χ0n) is 14.2. The van der Waals surface area contributed by atoms with E-state index in [1.807, 2.05) is 35.0 Å². The number of carbonyl (C=O) groups excluding carboxylic acids is 1. The molecule has 3 fully saturated rings. The predicted molar refractivity (Wildman–Crippen MR) is 98.0 cm³/mol. The van der Waals surface area contributed by atoms with Crippen molar-refractivity contribution in [3.05, 3.63) is 21.9 Å². The van der Waals surface area contributed by atoms with Crippen LogP contribution in [0.3, 0.4) is 0 Å². The average Bonchev–Trinajstić information content (AvgIpc) is 3.18. The van der Waals surface area contributed by atoms with Gasteiger partial charge in [-0.05, 0) is 49.1 Å². The molecule has 1 aromatic heterocycles. The van der Waals surface area contributed by atoms with Gasteiger partial charge in [-0.2, -0.15) is 0 Å². The van der Waals surface area contributed by atoms with E-state index in [2.05, 4.69) is 0 Å². The lowest BCUT2D eigenvalue weighted by atomic mass is 9.92. The number of hydrogen-bond donors (Lipinski definition) is 0. The molecule has 4 rings (SSSR count). The second-order valence-corrected chi connectivity index (χ2v) is 9.71. The molecule has 1 amide bonds. The number of amides is 1. The summed E-state index contributed by atoms with van der Waals surface area (Å²) in [4.78, 5) is 15.5. The van der Waals surface area contributed by atoms with Gasteiger partial charge in [-0.1, -0.05) is 0 Å². The summed E-state index contributed by atoms with van der Waals surface area (Å²) in [5, 5.41) is 2.00. The van der Waals surface area contributed by atoms with Crippen LogP contribution >= 0.6 is 23.1 Å². The van der Waals surface area contributed by atoms with Gasteiger partial charge in [-0.25, -0.2) is 0 Å². The Morgan fingerprint density at radius 1 is 1.42 bits per heavy atom. The van der Waals surface area contributed by atoms with Crippen LogP contribution in [0.4, 0.5) is 0 Å². The van der Waals surface area contributed by atoms with E-state index in [0.717, 1.165) is 68.4 Å². The molecule has 1 aromatic rings. The van der Waals surface area contributed by atoms with Gasteiger partial charge in [0.15, 0.2) is 0 Å². The van der Waals surface area contributed by atoms with Gasteiger partial charge in [-0.3, -0.25) is 4.79 Å². The minimum Gasteiger partial charge on any atom is -0.381 e. The maximum absolute atomic E-state index is 12.5. The Labute approximate surface area is 151 Å². The van der Waals surface area contributed by atoms with E-state index in [1.165, 1.54) is 0 Å². The zero-order chi connectivity index (χ0) is 16.6. The average molecular weight is 368 g/mol.